The average Bonchev–Trinajstić information content (AvgIpc) is 3.26. The van der Waals surface area contributed by atoms with Crippen molar-refractivity contribution in [1.29, 1.82) is 0 Å². The summed E-state index contributed by atoms with van der Waals surface area (Å²) < 4.78 is 42.8. The maximum Gasteiger partial charge on any atom is 0.335 e. The number of hydrogen-bond acceptors (Lipinski definition) is 10. The zero-order valence-electron chi connectivity index (χ0n) is 23.8. The van der Waals surface area contributed by atoms with Gasteiger partial charge >= 0.3 is 17.9 Å². The Bertz CT molecular complexity index is 985. The molecule has 0 aromatic carbocycles. The van der Waals surface area contributed by atoms with Crippen molar-refractivity contribution < 1.29 is 59.7 Å². The van der Waals surface area contributed by atoms with Crippen molar-refractivity contribution in [2.45, 2.75) is 114 Å². The number of nitrogens with zero attached hydrogens (tertiary/aromatic N) is 1. The molecule has 1 saturated carbocycles. The van der Waals surface area contributed by atoms with E-state index in [-0.39, 0.29) is 18.8 Å². The monoisotopic (exact) mass is 520 g/mol. The third-order valence-corrected chi connectivity index (χ3v) is 7.05. The molecular weight excluding hydrogens is 480 g/mol. The summed E-state index contributed by atoms with van der Waals surface area (Å²) in [5.74, 6) is -6.00. The third-order valence-electron chi connectivity index (χ3n) is 7.05. The zero-order valence-corrected chi connectivity index (χ0v) is 19.8. The molecule has 0 radical (unpaired) electrons. The molecule has 3 rings (SSSR count). The third kappa shape index (κ3) is 5.80. The second kappa shape index (κ2) is 11.8. The molecule has 3 fully saturated rings. The molecule has 13 heteroatoms. The highest BCUT2D eigenvalue weighted by Gasteiger charge is 2.52. The predicted molar refractivity (Wildman–Crippen MR) is 120 cm³/mol. The van der Waals surface area contributed by atoms with Gasteiger partial charge in [-0.2, -0.15) is 0 Å². The Labute approximate surface area is 214 Å². The van der Waals surface area contributed by atoms with Gasteiger partial charge in [0.1, 0.15) is 30.4 Å². The zero-order chi connectivity index (χ0) is 30.2. The summed E-state index contributed by atoms with van der Waals surface area (Å²) in [5.41, 5.74) is 0. The minimum Gasteiger partial charge on any atom is -0.480 e. The fraction of sp³-hybridized carbons (Fsp3) is 0.826. The second-order valence-electron chi connectivity index (χ2n) is 9.45. The Morgan fingerprint density at radius 2 is 1.83 bits per heavy atom. The van der Waals surface area contributed by atoms with E-state index in [0.29, 0.717) is 25.7 Å². The molecule has 1 amide bonds. The lowest BCUT2D eigenvalue weighted by Gasteiger charge is -2.39. The number of hydrogen-bond donors (Lipinski definition) is 6. The molecule has 10 atom stereocenters. The Hall–Kier alpha value is -2.32. The number of carboxylic acids is 2. The Morgan fingerprint density at radius 1 is 1.14 bits per heavy atom. The fourth-order valence-corrected chi connectivity index (χ4v) is 5.22. The summed E-state index contributed by atoms with van der Waals surface area (Å²) in [7, 11) is 0. The summed E-state index contributed by atoms with van der Waals surface area (Å²) in [5, 5.41) is 51.2. The first-order valence-electron chi connectivity index (χ1n) is 14.0. The van der Waals surface area contributed by atoms with Crippen molar-refractivity contribution in [2.75, 3.05) is 0 Å². The van der Waals surface area contributed by atoms with E-state index in [1.54, 1.807) is 6.92 Å². The van der Waals surface area contributed by atoms with E-state index in [1.165, 1.54) is 0 Å². The lowest BCUT2D eigenvalue weighted by molar-refractivity contribution is -0.287. The van der Waals surface area contributed by atoms with E-state index in [2.05, 4.69) is 5.32 Å². The quantitative estimate of drug-likeness (QED) is 0.199. The number of aliphatic hydroxyl groups is 3. The van der Waals surface area contributed by atoms with E-state index in [4.69, 9.17) is 15.0 Å². The van der Waals surface area contributed by atoms with Gasteiger partial charge in [-0.25, -0.2) is 9.59 Å². The normalized spacial score (nSPS) is 38.8. The number of aliphatic carboxylic acids is 2. The first-order valence-corrected chi connectivity index (χ1v) is 12.0. The van der Waals surface area contributed by atoms with Gasteiger partial charge < -0.3 is 39.9 Å². The van der Waals surface area contributed by atoms with Gasteiger partial charge in [-0.3, -0.25) is 14.9 Å². The number of ether oxygens (including phenoxy) is 2. The summed E-state index contributed by atoms with van der Waals surface area (Å²) in [6.07, 6.45) is -7.64. The van der Waals surface area contributed by atoms with Crippen molar-refractivity contribution >= 4 is 23.8 Å². The average molecular weight is 521 g/mol. The molecule has 2 saturated heterocycles. The standard InChI is InChI=1S/C23H36N2O11/c1-3-6-12(20(30)31)24-10(2)19(29)25-13-8-5-4-7-11(13)9-14(25)22(34)36-23-17(28)15(26)16(27)18(35-23)21(32)33/h10-18,23-24,26-28H,3-9H2,1-2H3,(H,30,31)(H,32,33)/t10-,11-,12-,13-,14-,15+,16+,17?,18?,23+/m0/s1/i2D3,10D. The highest BCUT2D eigenvalue weighted by atomic mass is 16.7. The number of carboxylic acid groups (broad SMARTS) is 2. The van der Waals surface area contributed by atoms with E-state index in [0.717, 1.165) is 11.3 Å². The van der Waals surface area contributed by atoms with Crippen LogP contribution in [0.25, 0.3) is 0 Å². The molecule has 0 bridgehead atoms. The van der Waals surface area contributed by atoms with Gasteiger partial charge in [-0.1, -0.05) is 26.2 Å². The van der Waals surface area contributed by atoms with E-state index < -0.39 is 85.5 Å². The van der Waals surface area contributed by atoms with Crippen LogP contribution in [0.15, 0.2) is 0 Å². The molecule has 0 aromatic heterocycles. The van der Waals surface area contributed by atoms with Gasteiger partial charge in [0, 0.05) is 10.2 Å². The first-order chi connectivity index (χ1) is 18.5. The maximum atomic E-state index is 13.9. The number of rotatable bonds is 9. The Morgan fingerprint density at radius 3 is 2.44 bits per heavy atom. The van der Waals surface area contributed by atoms with Crippen LogP contribution in [0.5, 0.6) is 0 Å². The van der Waals surface area contributed by atoms with E-state index in [1.807, 2.05) is 0 Å². The lowest BCUT2D eigenvalue weighted by Crippen LogP contribution is -2.61. The van der Waals surface area contributed by atoms with Crippen molar-refractivity contribution in [1.82, 2.24) is 10.2 Å². The largest absolute Gasteiger partial charge is 0.480 e. The number of carbonyl (C=O) groups excluding carboxylic acids is 2. The van der Waals surface area contributed by atoms with Crippen LogP contribution >= 0.6 is 0 Å². The minimum absolute atomic E-state index is 0.00000787. The summed E-state index contributed by atoms with van der Waals surface area (Å²) in [4.78, 5) is 51.4. The summed E-state index contributed by atoms with van der Waals surface area (Å²) >= 11 is 0. The molecular formula is C23H36N2O11. The van der Waals surface area contributed by atoms with Crippen LogP contribution in [0, 0.1) is 5.92 Å². The molecule has 2 heterocycles. The number of carbonyl (C=O) groups is 4. The van der Waals surface area contributed by atoms with Crippen LogP contribution in [0.3, 0.4) is 0 Å². The molecule has 13 nitrogen and oxygen atoms in total. The number of likely N-dealkylation sites (tertiary alicyclic amines) is 1. The Kier molecular flexibility index (Phi) is 7.50. The Balaban J connectivity index is 1.94. The van der Waals surface area contributed by atoms with Gasteiger partial charge in [0.05, 0.1) is 7.39 Å². The molecule has 204 valence electrons. The number of nitrogens with one attached hydrogen (secondary N) is 1. The van der Waals surface area contributed by atoms with Crippen molar-refractivity contribution in [3.63, 3.8) is 0 Å². The molecule has 2 aliphatic heterocycles. The topological polar surface area (TPSA) is 203 Å². The van der Waals surface area contributed by atoms with Gasteiger partial charge in [0.15, 0.2) is 6.10 Å². The number of fused-ring (bicyclic) bond motifs is 1. The predicted octanol–water partition coefficient (Wildman–Crippen LogP) is -1.19. The minimum atomic E-state index is -3.36. The SMILES string of the molecule is [2H]C([2H])([2H])[C@]([2H])(N[C@@H](CCC)C(=O)O)C(=O)N1[C@H](C(=O)O[C@H]2OC(C(=O)O)[C@H](O)[C@@H](O)C2O)C[C@@H]2CCCC[C@@H]21. The van der Waals surface area contributed by atoms with Crippen molar-refractivity contribution in [3.05, 3.63) is 0 Å². The van der Waals surface area contributed by atoms with Crippen LogP contribution in [-0.2, 0) is 28.7 Å². The highest BCUT2D eigenvalue weighted by molar-refractivity contribution is 5.89. The molecule has 36 heavy (non-hydrogen) atoms. The van der Waals surface area contributed by atoms with Crippen molar-refractivity contribution in [3.8, 4) is 0 Å². The molecule has 2 unspecified atom stereocenters. The van der Waals surface area contributed by atoms with Gasteiger partial charge in [0.25, 0.3) is 0 Å². The van der Waals surface area contributed by atoms with Crippen LogP contribution in [0.1, 0.15) is 64.2 Å². The van der Waals surface area contributed by atoms with Gasteiger partial charge in [-0.15, -0.1) is 0 Å². The molecule has 3 aliphatic rings. The van der Waals surface area contributed by atoms with Gasteiger partial charge in [-0.05, 0) is 38.5 Å². The van der Waals surface area contributed by atoms with Crippen LogP contribution in [0.4, 0.5) is 0 Å². The maximum absolute atomic E-state index is 13.9. The van der Waals surface area contributed by atoms with Crippen LogP contribution in [-0.4, -0.2) is 109 Å². The summed E-state index contributed by atoms with van der Waals surface area (Å²) in [6, 6.07) is -6.84. The van der Waals surface area contributed by atoms with E-state index in [9.17, 15) is 44.7 Å². The molecule has 6 N–H and O–H groups in total. The van der Waals surface area contributed by atoms with Crippen LogP contribution in [0.2, 0.25) is 0 Å². The number of esters is 1. The molecule has 1 aliphatic carbocycles. The summed E-state index contributed by atoms with van der Waals surface area (Å²) in [6.45, 7) is -1.71. The highest BCUT2D eigenvalue weighted by Crippen LogP contribution is 2.41. The van der Waals surface area contributed by atoms with Crippen molar-refractivity contribution in [2.24, 2.45) is 5.92 Å². The lowest BCUT2D eigenvalue weighted by atomic mass is 9.84. The van der Waals surface area contributed by atoms with Crippen LogP contribution < -0.4 is 5.32 Å². The smallest absolute Gasteiger partial charge is 0.335 e. The number of amides is 1. The van der Waals surface area contributed by atoms with Gasteiger partial charge in [0.2, 0.25) is 12.2 Å². The van der Waals surface area contributed by atoms with E-state index >= 15 is 0 Å². The molecule has 0 spiro atoms. The second-order valence-corrected chi connectivity index (χ2v) is 9.45. The first kappa shape index (κ1) is 22.8. The molecule has 0 aromatic rings. The fourth-order valence-electron chi connectivity index (χ4n) is 5.22. The number of aliphatic hydroxyl groups excluding tert-OH is 3.